The Hall–Kier alpha value is -1.56. The topological polar surface area (TPSA) is 56.0 Å². The maximum Gasteiger partial charge on any atom is 0.289 e. The van der Waals surface area contributed by atoms with Crippen LogP contribution < -0.4 is 0 Å². The lowest BCUT2D eigenvalue weighted by Crippen LogP contribution is -2.00. The summed E-state index contributed by atoms with van der Waals surface area (Å²) in [5.41, 5.74) is 0. The van der Waals surface area contributed by atoms with Crippen molar-refractivity contribution in [2.75, 3.05) is 0 Å². The second kappa shape index (κ2) is 4.79. The maximum atomic E-state index is 4.13. The van der Waals surface area contributed by atoms with E-state index >= 15 is 0 Å². The summed E-state index contributed by atoms with van der Waals surface area (Å²) >= 11 is 1.63. The van der Waals surface area contributed by atoms with Crippen molar-refractivity contribution in [2.45, 2.75) is 19.9 Å². The van der Waals surface area contributed by atoms with Gasteiger partial charge in [0.1, 0.15) is 0 Å². The number of aromatic nitrogens is 4. The number of nitrogens with zero attached hydrogens (tertiary/aromatic N) is 5. The smallest absolute Gasteiger partial charge is 0.216 e. The molecule has 0 aliphatic rings. The summed E-state index contributed by atoms with van der Waals surface area (Å²) in [7, 11) is 0. The van der Waals surface area contributed by atoms with Gasteiger partial charge in [0.25, 0.3) is 5.95 Å². The van der Waals surface area contributed by atoms with Crippen LogP contribution in [0.1, 0.15) is 18.2 Å². The standard InChI is InChI=1S/C9H11N5S/c1-2-5-14-12-9(11-13-14)10-7-8-4-3-6-15-8/h3-4,6-7H,2,5H2,1H3. The average molecular weight is 221 g/mol. The molecular weight excluding hydrogens is 210 g/mol. The predicted octanol–water partition coefficient (Wildman–Crippen LogP) is 1.90. The molecule has 2 aromatic rings. The molecule has 0 atom stereocenters. The monoisotopic (exact) mass is 221 g/mol. The fourth-order valence-electron chi connectivity index (χ4n) is 1.07. The van der Waals surface area contributed by atoms with Crippen LogP contribution in [0.3, 0.4) is 0 Å². The summed E-state index contributed by atoms with van der Waals surface area (Å²) in [5.74, 6) is 0.414. The van der Waals surface area contributed by atoms with E-state index in [-0.39, 0.29) is 0 Å². The fraction of sp³-hybridized carbons (Fsp3) is 0.333. The van der Waals surface area contributed by atoms with E-state index in [2.05, 4.69) is 27.3 Å². The molecule has 2 aromatic heterocycles. The molecule has 78 valence electrons. The van der Waals surface area contributed by atoms with Gasteiger partial charge in [-0.3, -0.25) is 0 Å². The van der Waals surface area contributed by atoms with E-state index in [4.69, 9.17) is 0 Å². The van der Waals surface area contributed by atoms with Gasteiger partial charge in [-0.2, -0.15) is 4.80 Å². The lowest BCUT2D eigenvalue weighted by Gasteiger charge is -1.89. The van der Waals surface area contributed by atoms with E-state index in [0.29, 0.717) is 5.95 Å². The van der Waals surface area contributed by atoms with Crippen LogP contribution >= 0.6 is 11.3 Å². The molecule has 6 heteroatoms. The van der Waals surface area contributed by atoms with Gasteiger partial charge in [-0.1, -0.05) is 18.1 Å². The summed E-state index contributed by atoms with van der Waals surface area (Å²) in [6.45, 7) is 2.85. The average Bonchev–Trinajstić information content (AvgIpc) is 2.85. The molecule has 15 heavy (non-hydrogen) atoms. The van der Waals surface area contributed by atoms with Gasteiger partial charge in [0, 0.05) is 11.1 Å². The van der Waals surface area contributed by atoms with Crippen molar-refractivity contribution in [1.82, 2.24) is 20.2 Å². The van der Waals surface area contributed by atoms with Crippen molar-refractivity contribution in [3.63, 3.8) is 0 Å². The van der Waals surface area contributed by atoms with Crippen LogP contribution in [-0.2, 0) is 6.54 Å². The summed E-state index contributed by atoms with van der Waals surface area (Å²) in [5, 5.41) is 13.8. The first-order valence-corrected chi connectivity index (χ1v) is 5.62. The maximum absolute atomic E-state index is 4.13. The van der Waals surface area contributed by atoms with Gasteiger partial charge >= 0.3 is 0 Å². The molecule has 0 N–H and O–H groups in total. The fourth-order valence-corrected chi connectivity index (χ4v) is 1.65. The Bertz CT molecular complexity index is 431. The zero-order valence-corrected chi connectivity index (χ0v) is 9.18. The molecule has 0 spiro atoms. The summed E-state index contributed by atoms with van der Waals surface area (Å²) in [6.07, 6.45) is 2.74. The predicted molar refractivity (Wildman–Crippen MR) is 59.7 cm³/mol. The minimum atomic E-state index is 0.414. The summed E-state index contributed by atoms with van der Waals surface area (Å²) in [6, 6.07) is 3.97. The molecule has 0 radical (unpaired) electrons. The number of hydrogen-bond donors (Lipinski definition) is 0. The number of aryl methyl sites for hydroxylation is 1. The molecule has 0 saturated heterocycles. The molecule has 0 aliphatic carbocycles. The van der Waals surface area contributed by atoms with Gasteiger partial charge in [0.2, 0.25) is 0 Å². The number of thiophene rings is 1. The number of hydrogen-bond acceptors (Lipinski definition) is 5. The van der Waals surface area contributed by atoms with Gasteiger partial charge in [-0.25, -0.2) is 4.99 Å². The first-order valence-electron chi connectivity index (χ1n) is 4.74. The van der Waals surface area contributed by atoms with Gasteiger partial charge in [0.05, 0.1) is 6.54 Å². The molecule has 0 bridgehead atoms. The van der Waals surface area contributed by atoms with Crippen LogP contribution in [0.15, 0.2) is 22.5 Å². The minimum Gasteiger partial charge on any atom is -0.216 e. The molecule has 0 saturated carbocycles. The number of aliphatic imine (C=N–C) groups is 1. The molecular formula is C9H11N5S. The third-order valence-electron chi connectivity index (χ3n) is 1.72. The highest BCUT2D eigenvalue weighted by molar-refractivity contribution is 7.11. The van der Waals surface area contributed by atoms with E-state index in [1.165, 1.54) is 0 Å². The van der Waals surface area contributed by atoms with Crippen LogP contribution in [-0.4, -0.2) is 26.4 Å². The lowest BCUT2D eigenvalue weighted by atomic mass is 10.5. The van der Waals surface area contributed by atoms with Crippen LogP contribution in [0.4, 0.5) is 5.95 Å². The molecule has 2 rings (SSSR count). The van der Waals surface area contributed by atoms with Crippen molar-refractivity contribution >= 4 is 23.5 Å². The molecule has 0 fully saturated rings. The van der Waals surface area contributed by atoms with E-state index in [0.717, 1.165) is 17.8 Å². The van der Waals surface area contributed by atoms with Gasteiger partial charge < -0.3 is 0 Å². The van der Waals surface area contributed by atoms with Crippen LogP contribution in [0, 0.1) is 0 Å². The third-order valence-corrected chi connectivity index (χ3v) is 2.52. The van der Waals surface area contributed by atoms with Crippen LogP contribution in [0.5, 0.6) is 0 Å². The van der Waals surface area contributed by atoms with Crippen LogP contribution in [0.25, 0.3) is 0 Å². The largest absolute Gasteiger partial charge is 0.289 e. The molecule has 2 heterocycles. The Morgan fingerprint density at radius 2 is 2.53 bits per heavy atom. The highest BCUT2D eigenvalue weighted by atomic mass is 32.1. The first-order chi connectivity index (χ1) is 7.38. The van der Waals surface area contributed by atoms with Crippen LogP contribution in [0.2, 0.25) is 0 Å². The zero-order valence-electron chi connectivity index (χ0n) is 8.37. The zero-order chi connectivity index (χ0) is 10.5. The third kappa shape index (κ3) is 2.69. The second-order valence-corrected chi connectivity index (χ2v) is 3.94. The molecule has 0 unspecified atom stereocenters. The van der Waals surface area contributed by atoms with Gasteiger partial charge in [0.15, 0.2) is 0 Å². The quantitative estimate of drug-likeness (QED) is 0.741. The lowest BCUT2D eigenvalue weighted by molar-refractivity contribution is 0.515. The Labute approximate surface area is 91.5 Å². The Kier molecular flexibility index (Phi) is 3.18. The summed E-state index contributed by atoms with van der Waals surface area (Å²) in [4.78, 5) is 6.77. The normalized spacial score (nSPS) is 11.3. The Balaban J connectivity index is 2.04. The van der Waals surface area contributed by atoms with E-state index < -0.39 is 0 Å². The Morgan fingerprint density at radius 3 is 3.27 bits per heavy atom. The molecule has 0 aromatic carbocycles. The van der Waals surface area contributed by atoms with Gasteiger partial charge in [-0.05, 0) is 23.1 Å². The van der Waals surface area contributed by atoms with Gasteiger partial charge in [-0.15, -0.1) is 16.4 Å². The van der Waals surface area contributed by atoms with Crippen molar-refractivity contribution in [2.24, 2.45) is 4.99 Å². The molecule has 0 aliphatic heterocycles. The molecule has 0 amide bonds. The highest BCUT2D eigenvalue weighted by Gasteiger charge is 1.98. The van der Waals surface area contributed by atoms with Crippen molar-refractivity contribution in [3.05, 3.63) is 22.4 Å². The van der Waals surface area contributed by atoms with E-state index in [9.17, 15) is 0 Å². The number of rotatable bonds is 4. The first kappa shape index (κ1) is 9.97. The SMILES string of the molecule is CCCn1nnc(N=Cc2cccs2)n1. The van der Waals surface area contributed by atoms with Crippen molar-refractivity contribution < 1.29 is 0 Å². The van der Waals surface area contributed by atoms with Crippen molar-refractivity contribution in [1.29, 1.82) is 0 Å². The Morgan fingerprint density at radius 1 is 1.60 bits per heavy atom. The summed E-state index contributed by atoms with van der Waals surface area (Å²) < 4.78 is 0. The number of tetrazole rings is 1. The van der Waals surface area contributed by atoms with E-state index in [1.807, 2.05) is 17.5 Å². The van der Waals surface area contributed by atoms with Crippen molar-refractivity contribution in [3.8, 4) is 0 Å². The second-order valence-electron chi connectivity index (χ2n) is 2.96. The minimum absolute atomic E-state index is 0.414. The van der Waals surface area contributed by atoms with E-state index in [1.54, 1.807) is 22.3 Å². The molecule has 5 nitrogen and oxygen atoms in total. The highest BCUT2D eigenvalue weighted by Crippen LogP contribution is 2.07.